The van der Waals surface area contributed by atoms with Crippen molar-refractivity contribution in [2.24, 2.45) is 11.3 Å². The largest absolute Gasteiger partial charge is 0.312 e. The molecule has 86 valence electrons. The summed E-state index contributed by atoms with van der Waals surface area (Å²) in [7, 11) is 0. The van der Waals surface area contributed by atoms with Gasteiger partial charge in [-0.25, -0.2) is 0 Å². The molecule has 2 fully saturated rings. The fraction of sp³-hybridized carbons (Fsp3) is 0.571. The molecular formula is C14H18ClN. The Hall–Kier alpha value is -0.530. The molecule has 1 aromatic carbocycles. The molecular weight excluding hydrogens is 218 g/mol. The monoisotopic (exact) mass is 235 g/mol. The van der Waals surface area contributed by atoms with Crippen LogP contribution < -0.4 is 5.32 Å². The van der Waals surface area contributed by atoms with Gasteiger partial charge in [0.2, 0.25) is 0 Å². The molecule has 0 heterocycles. The maximum Gasteiger partial charge on any atom is 0.0409 e. The molecule has 1 nitrogen and oxygen atoms in total. The van der Waals surface area contributed by atoms with Crippen molar-refractivity contribution in [3.8, 4) is 0 Å². The predicted molar refractivity (Wildman–Crippen MR) is 67.5 cm³/mol. The van der Waals surface area contributed by atoms with Crippen LogP contribution in [0, 0.1) is 11.3 Å². The number of benzene rings is 1. The Balaban J connectivity index is 1.50. The zero-order valence-electron chi connectivity index (χ0n) is 9.51. The molecule has 0 aliphatic heterocycles. The molecule has 3 rings (SSSR count). The van der Waals surface area contributed by atoms with Crippen LogP contribution >= 0.6 is 11.6 Å². The smallest absolute Gasteiger partial charge is 0.0409 e. The van der Waals surface area contributed by atoms with E-state index in [1.54, 1.807) is 0 Å². The van der Waals surface area contributed by atoms with E-state index in [1.165, 1.54) is 37.8 Å². The zero-order valence-corrected chi connectivity index (χ0v) is 10.3. The average molecular weight is 236 g/mol. The number of hydrogen-bond acceptors (Lipinski definition) is 1. The molecule has 1 N–H and O–H groups in total. The Morgan fingerprint density at radius 2 is 2.12 bits per heavy atom. The second-order valence-electron chi connectivity index (χ2n) is 5.37. The Kier molecular flexibility index (Phi) is 2.68. The Morgan fingerprint density at radius 1 is 1.31 bits per heavy atom. The molecule has 2 heteroatoms. The Labute approximate surface area is 102 Å². The fourth-order valence-corrected chi connectivity index (χ4v) is 2.90. The van der Waals surface area contributed by atoms with Crippen molar-refractivity contribution in [1.82, 2.24) is 5.32 Å². The lowest BCUT2D eigenvalue weighted by Gasteiger charge is -2.15. The summed E-state index contributed by atoms with van der Waals surface area (Å²) in [5, 5.41) is 4.43. The van der Waals surface area contributed by atoms with Crippen LogP contribution in [0.5, 0.6) is 0 Å². The highest BCUT2D eigenvalue weighted by Gasteiger charge is 2.53. The van der Waals surface area contributed by atoms with Crippen molar-refractivity contribution >= 4 is 11.6 Å². The van der Waals surface area contributed by atoms with Crippen molar-refractivity contribution in [2.75, 3.05) is 6.54 Å². The highest BCUT2D eigenvalue weighted by molar-refractivity contribution is 6.30. The van der Waals surface area contributed by atoms with Crippen LogP contribution in [0.3, 0.4) is 0 Å². The summed E-state index contributed by atoms with van der Waals surface area (Å²) < 4.78 is 0. The molecule has 0 saturated heterocycles. The number of halogens is 1. The molecule has 0 spiro atoms. The molecule has 0 unspecified atom stereocenters. The quantitative estimate of drug-likeness (QED) is 0.822. The number of rotatable bonds is 5. The van der Waals surface area contributed by atoms with E-state index < -0.39 is 0 Å². The highest BCUT2D eigenvalue weighted by Crippen LogP contribution is 2.60. The molecule has 16 heavy (non-hydrogen) atoms. The molecule has 2 aliphatic rings. The van der Waals surface area contributed by atoms with Gasteiger partial charge in [0.1, 0.15) is 0 Å². The molecule has 0 aromatic heterocycles. The molecule has 0 bridgehead atoms. The molecule has 0 radical (unpaired) electrons. The van der Waals surface area contributed by atoms with Gasteiger partial charge in [-0.05, 0) is 54.7 Å². The first-order valence-electron chi connectivity index (χ1n) is 6.24. The lowest BCUT2D eigenvalue weighted by atomic mass is 10.0. The SMILES string of the molecule is Clc1cccc(CNCC2(C3CC3)CC2)c1. The minimum atomic E-state index is 0.693. The third-order valence-corrected chi connectivity index (χ3v) is 4.27. The normalized spacial score (nSPS) is 22.1. The number of nitrogens with one attached hydrogen (secondary N) is 1. The van der Waals surface area contributed by atoms with Crippen LogP contribution in [0.4, 0.5) is 0 Å². The topological polar surface area (TPSA) is 12.0 Å². The number of hydrogen-bond donors (Lipinski definition) is 1. The third kappa shape index (κ3) is 2.26. The first-order chi connectivity index (χ1) is 7.78. The van der Waals surface area contributed by atoms with E-state index in [9.17, 15) is 0 Å². The minimum absolute atomic E-state index is 0.693. The first kappa shape index (κ1) is 10.6. The van der Waals surface area contributed by atoms with Crippen molar-refractivity contribution < 1.29 is 0 Å². The second kappa shape index (κ2) is 4.05. The van der Waals surface area contributed by atoms with E-state index in [4.69, 9.17) is 11.6 Å². The highest BCUT2D eigenvalue weighted by atomic mass is 35.5. The summed E-state index contributed by atoms with van der Waals surface area (Å²) in [5.41, 5.74) is 1.98. The van der Waals surface area contributed by atoms with Gasteiger partial charge < -0.3 is 5.32 Å². The van der Waals surface area contributed by atoms with E-state index in [1.807, 2.05) is 18.2 Å². The van der Waals surface area contributed by atoms with E-state index in [0.717, 1.165) is 17.5 Å². The van der Waals surface area contributed by atoms with Gasteiger partial charge in [-0.3, -0.25) is 0 Å². The van der Waals surface area contributed by atoms with Gasteiger partial charge in [0.25, 0.3) is 0 Å². The van der Waals surface area contributed by atoms with Crippen LogP contribution in [-0.4, -0.2) is 6.54 Å². The van der Waals surface area contributed by atoms with E-state index in [0.29, 0.717) is 5.41 Å². The molecule has 0 atom stereocenters. The van der Waals surface area contributed by atoms with Gasteiger partial charge in [0.05, 0.1) is 0 Å². The van der Waals surface area contributed by atoms with Crippen LogP contribution in [-0.2, 0) is 6.54 Å². The third-order valence-electron chi connectivity index (χ3n) is 4.03. The summed E-state index contributed by atoms with van der Waals surface area (Å²) in [6, 6.07) is 8.13. The summed E-state index contributed by atoms with van der Waals surface area (Å²) in [6.07, 6.45) is 5.83. The summed E-state index contributed by atoms with van der Waals surface area (Å²) in [5.74, 6) is 1.04. The van der Waals surface area contributed by atoms with Crippen molar-refractivity contribution in [3.05, 3.63) is 34.9 Å². The predicted octanol–water partition coefficient (Wildman–Crippen LogP) is 3.62. The van der Waals surface area contributed by atoms with Crippen LogP contribution in [0.1, 0.15) is 31.2 Å². The first-order valence-corrected chi connectivity index (χ1v) is 6.61. The fourth-order valence-electron chi connectivity index (χ4n) is 2.69. The lowest BCUT2D eigenvalue weighted by molar-refractivity contribution is 0.403. The van der Waals surface area contributed by atoms with E-state index in [2.05, 4.69) is 11.4 Å². The van der Waals surface area contributed by atoms with E-state index >= 15 is 0 Å². The molecule has 0 amide bonds. The van der Waals surface area contributed by atoms with Crippen molar-refractivity contribution in [1.29, 1.82) is 0 Å². The average Bonchev–Trinajstić information content (AvgIpc) is 3.13. The van der Waals surface area contributed by atoms with Crippen LogP contribution in [0.25, 0.3) is 0 Å². The van der Waals surface area contributed by atoms with Gasteiger partial charge in [0, 0.05) is 18.1 Å². The zero-order chi connectivity index (χ0) is 11.0. The van der Waals surface area contributed by atoms with Crippen LogP contribution in [0.2, 0.25) is 5.02 Å². The van der Waals surface area contributed by atoms with Crippen molar-refractivity contribution in [3.63, 3.8) is 0 Å². The molecule has 2 saturated carbocycles. The van der Waals surface area contributed by atoms with Gasteiger partial charge in [-0.2, -0.15) is 0 Å². The van der Waals surface area contributed by atoms with Gasteiger partial charge >= 0.3 is 0 Å². The van der Waals surface area contributed by atoms with E-state index in [-0.39, 0.29) is 0 Å². The molecule has 1 aromatic rings. The van der Waals surface area contributed by atoms with Gasteiger partial charge in [-0.1, -0.05) is 23.7 Å². The minimum Gasteiger partial charge on any atom is -0.312 e. The summed E-state index contributed by atoms with van der Waals surface area (Å²) in [4.78, 5) is 0. The maximum atomic E-state index is 5.96. The Bertz CT molecular complexity index is 380. The maximum absolute atomic E-state index is 5.96. The van der Waals surface area contributed by atoms with Crippen LogP contribution in [0.15, 0.2) is 24.3 Å². The Morgan fingerprint density at radius 3 is 2.75 bits per heavy atom. The lowest BCUT2D eigenvalue weighted by Crippen LogP contribution is -2.24. The summed E-state index contributed by atoms with van der Waals surface area (Å²) in [6.45, 7) is 2.15. The van der Waals surface area contributed by atoms with Crippen molar-refractivity contribution in [2.45, 2.75) is 32.2 Å². The molecule has 2 aliphatic carbocycles. The van der Waals surface area contributed by atoms with Gasteiger partial charge in [-0.15, -0.1) is 0 Å². The van der Waals surface area contributed by atoms with Gasteiger partial charge in [0.15, 0.2) is 0 Å². The standard InChI is InChI=1S/C14H18ClN/c15-13-3-1-2-11(8-13)9-16-10-14(6-7-14)12-4-5-12/h1-3,8,12,16H,4-7,9-10H2. The second-order valence-corrected chi connectivity index (χ2v) is 5.81. The summed E-state index contributed by atoms with van der Waals surface area (Å²) >= 11 is 5.96.